The lowest BCUT2D eigenvalue weighted by Crippen LogP contribution is -2.17. The summed E-state index contributed by atoms with van der Waals surface area (Å²) < 4.78 is 1.07. The molecule has 0 saturated heterocycles. The number of fused-ring (bicyclic) bond motifs is 3. The number of aromatic nitrogens is 4. The second-order valence-electron chi connectivity index (χ2n) is 4.93. The van der Waals surface area contributed by atoms with E-state index in [2.05, 4.69) is 15.1 Å². The SMILES string of the molecule is O=C(O)CCCc1nc2c3ccc([N+](=O)[O-])cc3[nH]c(=O)n2n1. The summed E-state index contributed by atoms with van der Waals surface area (Å²) in [6.45, 7) is 0. The summed E-state index contributed by atoms with van der Waals surface area (Å²) in [5.74, 6) is -0.563. The Labute approximate surface area is 127 Å². The van der Waals surface area contributed by atoms with Crippen LogP contribution in [0.25, 0.3) is 16.6 Å². The van der Waals surface area contributed by atoms with Crippen molar-refractivity contribution in [1.29, 1.82) is 0 Å². The number of rotatable bonds is 5. The molecule has 118 valence electrons. The van der Waals surface area contributed by atoms with Gasteiger partial charge < -0.3 is 10.1 Å². The highest BCUT2D eigenvalue weighted by molar-refractivity contribution is 5.92. The van der Waals surface area contributed by atoms with Crippen molar-refractivity contribution in [3.8, 4) is 0 Å². The van der Waals surface area contributed by atoms with Gasteiger partial charge in [-0.15, -0.1) is 5.10 Å². The number of nitro groups is 1. The maximum Gasteiger partial charge on any atom is 0.348 e. The lowest BCUT2D eigenvalue weighted by atomic mass is 10.2. The molecule has 0 bridgehead atoms. The molecule has 2 aromatic heterocycles. The van der Waals surface area contributed by atoms with E-state index in [1.807, 2.05) is 0 Å². The molecular weight excluding hydrogens is 306 g/mol. The zero-order chi connectivity index (χ0) is 16.6. The average Bonchev–Trinajstić information content (AvgIpc) is 2.91. The Morgan fingerprint density at radius 1 is 1.43 bits per heavy atom. The maximum absolute atomic E-state index is 12.0. The zero-order valence-electron chi connectivity index (χ0n) is 11.7. The highest BCUT2D eigenvalue weighted by Crippen LogP contribution is 2.21. The molecule has 0 amide bonds. The second kappa shape index (κ2) is 5.48. The Bertz CT molecular complexity index is 989. The Kier molecular flexibility index (Phi) is 3.48. The highest BCUT2D eigenvalue weighted by Gasteiger charge is 2.14. The van der Waals surface area contributed by atoms with Crippen LogP contribution < -0.4 is 5.69 Å². The molecule has 0 spiro atoms. The fourth-order valence-corrected chi connectivity index (χ4v) is 2.29. The van der Waals surface area contributed by atoms with Gasteiger partial charge in [0, 0.05) is 30.4 Å². The van der Waals surface area contributed by atoms with E-state index in [1.54, 1.807) is 0 Å². The van der Waals surface area contributed by atoms with Crippen LogP contribution in [0.3, 0.4) is 0 Å². The Hall–Kier alpha value is -3.30. The lowest BCUT2D eigenvalue weighted by Gasteiger charge is -1.99. The Morgan fingerprint density at radius 2 is 2.22 bits per heavy atom. The Balaban J connectivity index is 2.08. The predicted octanol–water partition coefficient (Wildman–Crippen LogP) is 0.886. The number of hydrogen-bond acceptors (Lipinski definition) is 6. The van der Waals surface area contributed by atoms with Crippen LogP contribution >= 0.6 is 0 Å². The minimum Gasteiger partial charge on any atom is -0.481 e. The molecule has 10 nitrogen and oxygen atoms in total. The van der Waals surface area contributed by atoms with Gasteiger partial charge in [0.1, 0.15) is 0 Å². The molecule has 2 N–H and O–H groups in total. The fourth-order valence-electron chi connectivity index (χ4n) is 2.29. The standard InChI is InChI=1S/C13H11N5O5/c19-11(20)3-1-2-10-15-12-8-5-4-7(18(22)23)6-9(8)14-13(21)17(12)16-10/h4-6H,1-3H2,(H,14,21)(H,19,20). The number of nitrogens with one attached hydrogen (secondary N) is 1. The van der Waals surface area contributed by atoms with Crippen LogP contribution in [0.4, 0.5) is 5.69 Å². The highest BCUT2D eigenvalue weighted by atomic mass is 16.6. The third kappa shape index (κ3) is 2.73. The van der Waals surface area contributed by atoms with Crippen LogP contribution in [0.5, 0.6) is 0 Å². The number of aliphatic carboxylic acids is 1. The first-order valence-electron chi connectivity index (χ1n) is 6.73. The third-order valence-corrected chi connectivity index (χ3v) is 3.33. The van der Waals surface area contributed by atoms with E-state index in [0.717, 1.165) is 4.52 Å². The quantitative estimate of drug-likeness (QED) is 0.525. The summed E-state index contributed by atoms with van der Waals surface area (Å²) in [5, 5.41) is 24.0. The maximum atomic E-state index is 12.0. The van der Waals surface area contributed by atoms with E-state index in [4.69, 9.17) is 5.11 Å². The summed E-state index contributed by atoms with van der Waals surface area (Å²) in [5.41, 5.74) is -0.131. The van der Waals surface area contributed by atoms with E-state index in [1.165, 1.54) is 18.2 Å². The lowest BCUT2D eigenvalue weighted by molar-refractivity contribution is -0.384. The van der Waals surface area contributed by atoms with Gasteiger partial charge in [-0.2, -0.15) is 4.52 Å². The summed E-state index contributed by atoms with van der Waals surface area (Å²) in [7, 11) is 0. The smallest absolute Gasteiger partial charge is 0.348 e. The molecule has 0 radical (unpaired) electrons. The van der Waals surface area contributed by atoms with Gasteiger partial charge in [-0.3, -0.25) is 14.9 Å². The number of hydrogen-bond donors (Lipinski definition) is 2. The van der Waals surface area contributed by atoms with Crippen molar-refractivity contribution >= 4 is 28.2 Å². The van der Waals surface area contributed by atoms with Crippen molar-refractivity contribution in [3.63, 3.8) is 0 Å². The number of nitrogens with zero attached hydrogens (tertiary/aromatic N) is 4. The van der Waals surface area contributed by atoms with E-state index < -0.39 is 16.6 Å². The van der Waals surface area contributed by atoms with Gasteiger partial charge in [0.15, 0.2) is 11.5 Å². The van der Waals surface area contributed by atoms with E-state index in [0.29, 0.717) is 29.6 Å². The molecule has 0 aliphatic carbocycles. The molecule has 3 aromatic rings. The Morgan fingerprint density at radius 3 is 2.91 bits per heavy atom. The van der Waals surface area contributed by atoms with Crippen molar-refractivity contribution in [2.75, 3.05) is 0 Å². The normalized spacial score (nSPS) is 11.1. The monoisotopic (exact) mass is 317 g/mol. The number of non-ortho nitro benzene ring substituents is 1. The van der Waals surface area contributed by atoms with E-state index in [9.17, 15) is 19.7 Å². The van der Waals surface area contributed by atoms with Crippen molar-refractivity contribution < 1.29 is 14.8 Å². The summed E-state index contributed by atoms with van der Waals surface area (Å²) >= 11 is 0. The summed E-state index contributed by atoms with van der Waals surface area (Å²) in [6, 6.07) is 4.07. The van der Waals surface area contributed by atoms with E-state index in [-0.39, 0.29) is 17.8 Å². The average molecular weight is 317 g/mol. The first-order valence-corrected chi connectivity index (χ1v) is 6.73. The second-order valence-corrected chi connectivity index (χ2v) is 4.93. The third-order valence-electron chi connectivity index (χ3n) is 3.33. The first kappa shape index (κ1) is 14.6. The summed E-state index contributed by atoms with van der Waals surface area (Å²) in [4.78, 5) is 39.5. The van der Waals surface area contributed by atoms with Crippen LogP contribution in [0.2, 0.25) is 0 Å². The van der Waals surface area contributed by atoms with Crippen LogP contribution in [0.1, 0.15) is 18.7 Å². The van der Waals surface area contributed by atoms with Crippen molar-refractivity contribution in [3.05, 3.63) is 44.6 Å². The zero-order valence-corrected chi connectivity index (χ0v) is 11.7. The predicted molar refractivity (Wildman–Crippen MR) is 78.3 cm³/mol. The molecule has 0 saturated carbocycles. The van der Waals surface area contributed by atoms with Gasteiger partial charge in [-0.1, -0.05) is 0 Å². The minimum atomic E-state index is -0.913. The molecule has 0 unspecified atom stereocenters. The molecular formula is C13H11N5O5. The van der Waals surface area contributed by atoms with Gasteiger partial charge >= 0.3 is 11.7 Å². The number of carbonyl (C=O) groups is 1. The number of H-pyrrole nitrogens is 1. The fraction of sp³-hybridized carbons (Fsp3) is 0.231. The number of nitro benzene ring substituents is 1. The van der Waals surface area contributed by atoms with Crippen LogP contribution in [0.15, 0.2) is 23.0 Å². The first-order chi connectivity index (χ1) is 11.0. The van der Waals surface area contributed by atoms with Gasteiger partial charge in [0.25, 0.3) is 5.69 Å². The van der Waals surface area contributed by atoms with Crippen molar-refractivity contribution in [2.24, 2.45) is 0 Å². The van der Waals surface area contributed by atoms with E-state index >= 15 is 0 Å². The number of aromatic amines is 1. The molecule has 1 aromatic carbocycles. The molecule has 2 heterocycles. The minimum absolute atomic E-state index is 0.0150. The molecule has 10 heteroatoms. The molecule has 23 heavy (non-hydrogen) atoms. The molecule has 0 fully saturated rings. The largest absolute Gasteiger partial charge is 0.481 e. The summed E-state index contributed by atoms with van der Waals surface area (Å²) in [6.07, 6.45) is 0.661. The molecule has 3 rings (SSSR count). The van der Waals surface area contributed by atoms with Gasteiger partial charge in [0.2, 0.25) is 0 Å². The molecule has 0 aliphatic heterocycles. The number of carboxylic acid groups (broad SMARTS) is 1. The van der Waals surface area contributed by atoms with Gasteiger partial charge in [-0.25, -0.2) is 9.78 Å². The van der Waals surface area contributed by atoms with Gasteiger partial charge in [-0.05, 0) is 12.5 Å². The topological polar surface area (TPSA) is 143 Å². The van der Waals surface area contributed by atoms with Gasteiger partial charge in [0.05, 0.1) is 10.4 Å². The van der Waals surface area contributed by atoms with Crippen molar-refractivity contribution in [2.45, 2.75) is 19.3 Å². The van der Waals surface area contributed by atoms with Crippen LogP contribution in [0, 0.1) is 10.1 Å². The molecule has 0 atom stereocenters. The number of aryl methyl sites for hydroxylation is 1. The number of carboxylic acids is 1. The van der Waals surface area contributed by atoms with Crippen molar-refractivity contribution in [1.82, 2.24) is 19.6 Å². The number of benzene rings is 1. The van der Waals surface area contributed by atoms with Crippen LogP contribution in [-0.2, 0) is 11.2 Å². The molecule has 0 aliphatic rings. The van der Waals surface area contributed by atoms with Crippen LogP contribution in [-0.4, -0.2) is 35.6 Å².